The third kappa shape index (κ3) is 2.70. The van der Waals surface area contributed by atoms with E-state index in [2.05, 4.69) is 10.1 Å². The number of aromatic hydroxyl groups is 1. The molecule has 0 saturated carbocycles. The molecule has 0 saturated heterocycles. The number of phenolic OH excluding ortho intramolecular Hbond substituents is 1. The van der Waals surface area contributed by atoms with Crippen molar-refractivity contribution in [3.63, 3.8) is 0 Å². The molecular formula is C14H7Cl2FN2O2. The first-order valence-corrected chi connectivity index (χ1v) is 6.58. The SMILES string of the molecule is Oc1cccc(F)c1-c1nc(-c2cc(Cl)cc(Cl)c2)no1. The Bertz CT molecular complexity index is 780. The Morgan fingerprint density at radius 2 is 1.81 bits per heavy atom. The molecule has 0 aliphatic heterocycles. The molecule has 0 aliphatic rings. The molecular weight excluding hydrogens is 318 g/mol. The van der Waals surface area contributed by atoms with Gasteiger partial charge in [-0.05, 0) is 30.3 Å². The van der Waals surface area contributed by atoms with Crippen LogP contribution in [0.3, 0.4) is 0 Å². The van der Waals surface area contributed by atoms with Gasteiger partial charge < -0.3 is 9.63 Å². The predicted molar refractivity (Wildman–Crippen MR) is 76.8 cm³/mol. The monoisotopic (exact) mass is 324 g/mol. The minimum atomic E-state index is -0.658. The minimum Gasteiger partial charge on any atom is -0.507 e. The molecule has 3 aromatic rings. The number of hydrogen-bond donors (Lipinski definition) is 1. The zero-order valence-corrected chi connectivity index (χ0v) is 11.9. The molecule has 1 aromatic heterocycles. The van der Waals surface area contributed by atoms with Crippen LogP contribution in [0.15, 0.2) is 40.9 Å². The summed E-state index contributed by atoms with van der Waals surface area (Å²) in [7, 11) is 0. The maximum absolute atomic E-state index is 13.7. The van der Waals surface area contributed by atoms with E-state index in [0.29, 0.717) is 15.6 Å². The Morgan fingerprint density at radius 3 is 2.48 bits per heavy atom. The van der Waals surface area contributed by atoms with Crippen molar-refractivity contribution in [2.45, 2.75) is 0 Å². The lowest BCUT2D eigenvalue weighted by Gasteiger charge is -1.99. The van der Waals surface area contributed by atoms with Gasteiger partial charge in [-0.25, -0.2) is 4.39 Å². The van der Waals surface area contributed by atoms with Gasteiger partial charge in [-0.3, -0.25) is 0 Å². The van der Waals surface area contributed by atoms with Crippen molar-refractivity contribution in [1.82, 2.24) is 10.1 Å². The van der Waals surface area contributed by atoms with Crippen LogP contribution in [0.5, 0.6) is 5.75 Å². The van der Waals surface area contributed by atoms with E-state index in [-0.39, 0.29) is 23.0 Å². The largest absolute Gasteiger partial charge is 0.507 e. The molecule has 0 amide bonds. The number of nitrogens with zero attached hydrogens (tertiary/aromatic N) is 2. The molecule has 3 rings (SSSR count). The second kappa shape index (κ2) is 5.35. The lowest BCUT2D eigenvalue weighted by atomic mass is 10.2. The van der Waals surface area contributed by atoms with Crippen LogP contribution in [0.4, 0.5) is 4.39 Å². The molecule has 21 heavy (non-hydrogen) atoms. The number of aromatic nitrogens is 2. The van der Waals surface area contributed by atoms with Crippen LogP contribution in [0, 0.1) is 5.82 Å². The highest BCUT2D eigenvalue weighted by molar-refractivity contribution is 6.35. The van der Waals surface area contributed by atoms with Gasteiger partial charge in [0.25, 0.3) is 5.89 Å². The number of halogens is 3. The van der Waals surface area contributed by atoms with Crippen molar-refractivity contribution < 1.29 is 14.0 Å². The summed E-state index contributed by atoms with van der Waals surface area (Å²) in [6, 6.07) is 8.67. The van der Waals surface area contributed by atoms with Crippen LogP contribution in [-0.2, 0) is 0 Å². The summed E-state index contributed by atoms with van der Waals surface area (Å²) in [6.45, 7) is 0. The average molecular weight is 325 g/mol. The molecule has 7 heteroatoms. The van der Waals surface area contributed by atoms with Gasteiger partial charge in [0.05, 0.1) is 0 Å². The molecule has 2 aromatic carbocycles. The van der Waals surface area contributed by atoms with Crippen molar-refractivity contribution in [2.75, 3.05) is 0 Å². The number of phenols is 1. The van der Waals surface area contributed by atoms with Gasteiger partial charge in [0.15, 0.2) is 0 Å². The molecule has 1 heterocycles. The van der Waals surface area contributed by atoms with Crippen LogP contribution in [0.1, 0.15) is 0 Å². The van der Waals surface area contributed by atoms with Gasteiger partial charge in [-0.2, -0.15) is 4.98 Å². The van der Waals surface area contributed by atoms with Crippen molar-refractivity contribution >= 4 is 23.2 Å². The number of benzene rings is 2. The second-order valence-corrected chi connectivity index (χ2v) is 5.09. The van der Waals surface area contributed by atoms with E-state index in [4.69, 9.17) is 27.7 Å². The highest BCUT2D eigenvalue weighted by Crippen LogP contribution is 2.32. The van der Waals surface area contributed by atoms with Gasteiger partial charge in [0.2, 0.25) is 5.82 Å². The molecule has 0 bridgehead atoms. The maximum atomic E-state index is 13.7. The van der Waals surface area contributed by atoms with E-state index in [1.165, 1.54) is 18.2 Å². The quantitative estimate of drug-likeness (QED) is 0.751. The topological polar surface area (TPSA) is 59.2 Å². The van der Waals surface area contributed by atoms with E-state index in [0.717, 1.165) is 0 Å². The Morgan fingerprint density at radius 1 is 1.10 bits per heavy atom. The fourth-order valence-electron chi connectivity index (χ4n) is 1.85. The predicted octanol–water partition coefficient (Wildman–Crippen LogP) is 4.56. The molecule has 0 radical (unpaired) electrons. The van der Waals surface area contributed by atoms with Crippen molar-refractivity contribution in [1.29, 1.82) is 0 Å². The molecule has 1 N–H and O–H groups in total. The number of rotatable bonds is 2. The zero-order valence-electron chi connectivity index (χ0n) is 10.3. The highest BCUT2D eigenvalue weighted by Gasteiger charge is 2.18. The summed E-state index contributed by atoms with van der Waals surface area (Å²) >= 11 is 11.8. The van der Waals surface area contributed by atoms with Crippen LogP contribution < -0.4 is 0 Å². The molecule has 0 fully saturated rings. The van der Waals surface area contributed by atoms with Gasteiger partial charge >= 0.3 is 0 Å². The third-order valence-corrected chi connectivity index (χ3v) is 3.19. The van der Waals surface area contributed by atoms with Crippen molar-refractivity contribution in [3.05, 3.63) is 52.3 Å². The Labute approximate surface area is 128 Å². The summed E-state index contributed by atoms with van der Waals surface area (Å²) < 4.78 is 18.7. The maximum Gasteiger partial charge on any atom is 0.265 e. The lowest BCUT2D eigenvalue weighted by molar-refractivity contribution is 0.421. The Kier molecular flexibility index (Phi) is 3.53. The zero-order chi connectivity index (χ0) is 15.0. The van der Waals surface area contributed by atoms with E-state index < -0.39 is 5.82 Å². The summed E-state index contributed by atoms with van der Waals surface area (Å²) in [6.07, 6.45) is 0. The Hall–Kier alpha value is -2.11. The third-order valence-electron chi connectivity index (χ3n) is 2.75. The first kappa shape index (κ1) is 13.9. The van der Waals surface area contributed by atoms with E-state index in [9.17, 15) is 9.50 Å². The van der Waals surface area contributed by atoms with Crippen LogP contribution in [0.2, 0.25) is 10.0 Å². The molecule has 0 unspecified atom stereocenters. The minimum absolute atomic E-state index is 0.128. The first-order chi connectivity index (χ1) is 10.0. The highest BCUT2D eigenvalue weighted by atomic mass is 35.5. The molecule has 4 nitrogen and oxygen atoms in total. The van der Waals surface area contributed by atoms with E-state index in [1.54, 1.807) is 18.2 Å². The van der Waals surface area contributed by atoms with Crippen molar-refractivity contribution in [2.24, 2.45) is 0 Å². The average Bonchev–Trinajstić information content (AvgIpc) is 2.87. The summed E-state index contributed by atoms with van der Waals surface area (Å²) in [4.78, 5) is 4.06. The fourth-order valence-corrected chi connectivity index (χ4v) is 2.38. The van der Waals surface area contributed by atoms with Gasteiger partial charge in [0.1, 0.15) is 17.1 Å². The lowest BCUT2D eigenvalue weighted by Crippen LogP contribution is -1.86. The van der Waals surface area contributed by atoms with Crippen LogP contribution >= 0.6 is 23.2 Å². The van der Waals surface area contributed by atoms with E-state index in [1.807, 2.05) is 0 Å². The second-order valence-electron chi connectivity index (χ2n) is 4.22. The standard InChI is InChI=1S/C14H7Cl2FN2O2/c15-8-4-7(5-9(16)6-8)13-18-14(21-19-13)12-10(17)2-1-3-11(12)20/h1-6,20H. The van der Waals surface area contributed by atoms with Crippen LogP contribution in [0.25, 0.3) is 22.8 Å². The molecule has 0 atom stereocenters. The first-order valence-electron chi connectivity index (χ1n) is 5.82. The van der Waals surface area contributed by atoms with Gasteiger partial charge in [0, 0.05) is 15.6 Å². The van der Waals surface area contributed by atoms with Crippen LogP contribution in [-0.4, -0.2) is 15.2 Å². The smallest absolute Gasteiger partial charge is 0.265 e. The fraction of sp³-hybridized carbons (Fsp3) is 0. The normalized spacial score (nSPS) is 10.8. The van der Waals surface area contributed by atoms with Gasteiger partial charge in [-0.15, -0.1) is 0 Å². The summed E-state index contributed by atoms with van der Waals surface area (Å²) in [5.41, 5.74) is 0.378. The number of hydrogen-bond acceptors (Lipinski definition) is 4. The van der Waals surface area contributed by atoms with E-state index >= 15 is 0 Å². The summed E-state index contributed by atoms with van der Waals surface area (Å²) in [5.74, 6) is -0.877. The molecule has 106 valence electrons. The Balaban J connectivity index is 2.08. The molecule has 0 aliphatic carbocycles. The summed E-state index contributed by atoms with van der Waals surface area (Å²) in [5, 5.41) is 14.3. The molecule has 0 spiro atoms. The van der Waals surface area contributed by atoms with Gasteiger partial charge in [-0.1, -0.05) is 34.4 Å². The van der Waals surface area contributed by atoms with Crippen molar-refractivity contribution in [3.8, 4) is 28.6 Å².